The highest BCUT2D eigenvalue weighted by Gasteiger charge is 2.17. The Balaban J connectivity index is 0.000000439. The maximum Gasteiger partial charge on any atom is 0.119 e. The second-order valence-corrected chi connectivity index (χ2v) is 16.4. The van der Waals surface area contributed by atoms with Gasteiger partial charge in [0.1, 0.15) is 17.2 Å². The third-order valence-corrected chi connectivity index (χ3v) is 11.7. The Morgan fingerprint density at radius 2 is 0.667 bits per heavy atom. The van der Waals surface area contributed by atoms with Gasteiger partial charge in [-0.1, -0.05) is 116 Å². The van der Waals surface area contributed by atoms with Gasteiger partial charge in [-0.3, -0.25) is 0 Å². The zero-order valence-electron chi connectivity index (χ0n) is 34.7. The molecule has 9 N–H and O–H groups in total. The molecule has 9 nitrogen and oxygen atoms in total. The average Bonchev–Trinajstić information content (AvgIpc) is 3.26. The van der Waals surface area contributed by atoms with Crippen molar-refractivity contribution in [3.05, 3.63) is 89.5 Å². The molecule has 6 rings (SSSR count). The molecular formula is C51H87N3O6. The Labute approximate surface area is 365 Å². The lowest BCUT2D eigenvalue weighted by Crippen LogP contribution is -2.15. The van der Waals surface area contributed by atoms with Gasteiger partial charge in [-0.05, 0) is 148 Å². The SMILES string of the molecule is C.C.C.NCCC(O)c1cccc(OCC2CCCCC2)c1.NCC[C@@H](O)c1cccc(OCC2CCCCC2)c1.NCC[C@H](O)c1cccc(OCC2CCCCC2)c1. The average molecular weight is 838 g/mol. The minimum atomic E-state index is -0.483. The van der Waals surface area contributed by atoms with Gasteiger partial charge in [0, 0.05) is 0 Å². The van der Waals surface area contributed by atoms with E-state index in [-0.39, 0.29) is 22.3 Å². The molecule has 3 aliphatic carbocycles. The maximum atomic E-state index is 9.93. The van der Waals surface area contributed by atoms with Crippen LogP contribution in [0, 0.1) is 17.8 Å². The van der Waals surface area contributed by atoms with Crippen molar-refractivity contribution >= 4 is 0 Å². The lowest BCUT2D eigenvalue weighted by atomic mass is 9.90. The Morgan fingerprint density at radius 1 is 0.417 bits per heavy atom. The molecule has 0 bridgehead atoms. The summed E-state index contributed by atoms with van der Waals surface area (Å²) < 4.78 is 17.6. The summed E-state index contributed by atoms with van der Waals surface area (Å²) in [6, 6.07) is 23.3. The number of benzene rings is 3. The lowest BCUT2D eigenvalue weighted by Gasteiger charge is -2.22. The van der Waals surface area contributed by atoms with Gasteiger partial charge in [0.25, 0.3) is 0 Å². The zero-order chi connectivity index (χ0) is 40.5. The minimum absolute atomic E-state index is 0. The highest BCUT2D eigenvalue weighted by molar-refractivity contribution is 5.31. The van der Waals surface area contributed by atoms with E-state index in [9.17, 15) is 15.3 Å². The van der Waals surface area contributed by atoms with E-state index in [1.54, 1.807) is 0 Å². The quantitative estimate of drug-likeness (QED) is 0.0731. The first-order chi connectivity index (χ1) is 27.9. The highest BCUT2D eigenvalue weighted by Crippen LogP contribution is 2.29. The van der Waals surface area contributed by atoms with Gasteiger partial charge < -0.3 is 46.7 Å². The predicted octanol–water partition coefficient (Wildman–Crippen LogP) is 11.0. The molecular weight excluding hydrogens is 751 g/mol. The van der Waals surface area contributed by atoms with E-state index in [0.717, 1.165) is 53.8 Å². The van der Waals surface area contributed by atoms with Gasteiger partial charge in [0.2, 0.25) is 0 Å². The molecule has 342 valence electrons. The lowest BCUT2D eigenvalue weighted by molar-refractivity contribution is 0.168. The monoisotopic (exact) mass is 838 g/mol. The minimum Gasteiger partial charge on any atom is -0.493 e. The van der Waals surface area contributed by atoms with Gasteiger partial charge >= 0.3 is 0 Å². The van der Waals surface area contributed by atoms with Crippen molar-refractivity contribution in [3.8, 4) is 17.2 Å². The van der Waals surface area contributed by atoms with E-state index in [1.807, 2.05) is 72.8 Å². The third kappa shape index (κ3) is 21.1. The number of aliphatic hydroxyl groups is 3. The largest absolute Gasteiger partial charge is 0.493 e. The molecule has 3 aromatic carbocycles. The summed E-state index contributed by atoms with van der Waals surface area (Å²) in [5, 5.41) is 29.8. The van der Waals surface area contributed by atoms with Crippen LogP contribution in [0.2, 0.25) is 0 Å². The van der Waals surface area contributed by atoms with Crippen molar-refractivity contribution in [2.45, 2.75) is 156 Å². The molecule has 3 saturated carbocycles. The summed E-state index contributed by atoms with van der Waals surface area (Å²) in [6.07, 6.45) is 20.2. The highest BCUT2D eigenvalue weighted by atomic mass is 16.5. The number of nitrogens with two attached hydrogens (primary N) is 3. The molecule has 0 aliphatic heterocycles. The van der Waals surface area contributed by atoms with Crippen LogP contribution in [0.15, 0.2) is 72.8 Å². The first-order valence-electron chi connectivity index (χ1n) is 22.2. The van der Waals surface area contributed by atoms with E-state index in [0.29, 0.717) is 56.7 Å². The van der Waals surface area contributed by atoms with Crippen LogP contribution in [-0.2, 0) is 0 Å². The molecule has 3 atom stereocenters. The van der Waals surface area contributed by atoms with Crippen LogP contribution < -0.4 is 31.4 Å². The number of ether oxygens (including phenoxy) is 3. The van der Waals surface area contributed by atoms with E-state index in [4.69, 9.17) is 31.4 Å². The molecule has 0 aromatic heterocycles. The van der Waals surface area contributed by atoms with Crippen LogP contribution in [0.3, 0.4) is 0 Å². The number of hydrogen-bond donors (Lipinski definition) is 6. The van der Waals surface area contributed by atoms with Crippen molar-refractivity contribution < 1.29 is 29.5 Å². The van der Waals surface area contributed by atoms with Gasteiger partial charge in [-0.15, -0.1) is 0 Å². The van der Waals surface area contributed by atoms with Crippen LogP contribution >= 0.6 is 0 Å². The van der Waals surface area contributed by atoms with E-state index in [2.05, 4.69) is 0 Å². The first kappa shape index (κ1) is 54.8. The van der Waals surface area contributed by atoms with Gasteiger partial charge in [0.05, 0.1) is 38.1 Å². The molecule has 60 heavy (non-hydrogen) atoms. The fraction of sp³-hybridized carbons (Fsp3) is 0.647. The Hall–Kier alpha value is -3.18. The first-order valence-corrected chi connectivity index (χ1v) is 22.2. The molecule has 0 radical (unpaired) electrons. The van der Waals surface area contributed by atoms with Gasteiger partial charge in [-0.2, -0.15) is 0 Å². The van der Waals surface area contributed by atoms with Crippen molar-refractivity contribution in [3.63, 3.8) is 0 Å². The second kappa shape index (κ2) is 32.5. The smallest absolute Gasteiger partial charge is 0.119 e. The van der Waals surface area contributed by atoms with Crippen LogP contribution in [0.5, 0.6) is 17.2 Å². The predicted molar refractivity (Wildman–Crippen MR) is 252 cm³/mol. The van der Waals surface area contributed by atoms with E-state index >= 15 is 0 Å². The molecule has 0 amide bonds. The van der Waals surface area contributed by atoms with Crippen LogP contribution in [0.25, 0.3) is 0 Å². The fourth-order valence-corrected chi connectivity index (χ4v) is 8.11. The summed E-state index contributed by atoms with van der Waals surface area (Å²) in [7, 11) is 0. The zero-order valence-corrected chi connectivity index (χ0v) is 34.7. The molecule has 0 heterocycles. The van der Waals surface area contributed by atoms with Gasteiger partial charge in [-0.25, -0.2) is 0 Å². The summed E-state index contributed by atoms with van der Waals surface area (Å²) in [6.45, 7) is 3.89. The van der Waals surface area contributed by atoms with Gasteiger partial charge in [0.15, 0.2) is 0 Å². The third-order valence-electron chi connectivity index (χ3n) is 11.7. The van der Waals surface area contributed by atoms with Crippen LogP contribution in [-0.4, -0.2) is 54.8 Å². The summed E-state index contributed by atoms with van der Waals surface area (Å²) >= 11 is 0. The molecule has 3 fully saturated rings. The Morgan fingerprint density at radius 3 is 0.900 bits per heavy atom. The topological polar surface area (TPSA) is 166 Å². The van der Waals surface area contributed by atoms with Crippen molar-refractivity contribution in [1.82, 2.24) is 0 Å². The second-order valence-electron chi connectivity index (χ2n) is 16.4. The standard InChI is InChI=1S/3C16H25NO2.3CH4/c3*17-10-9-16(18)14-7-4-8-15(11-14)19-12-13-5-2-1-3-6-13;;;/h3*4,7-8,11,13,16,18H,1-3,5-6,9-10,12,17H2;3*1H4/t2*16-;;;;/m10..../s1. The number of aliphatic hydroxyl groups excluding tert-OH is 3. The molecule has 1 unspecified atom stereocenters. The van der Waals surface area contributed by atoms with Crippen LogP contribution in [0.1, 0.15) is 173 Å². The molecule has 3 aromatic rings. The molecule has 0 saturated heterocycles. The number of rotatable bonds is 18. The number of hydrogen-bond acceptors (Lipinski definition) is 9. The van der Waals surface area contributed by atoms with E-state index < -0.39 is 18.3 Å². The van der Waals surface area contributed by atoms with Crippen molar-refractivity contribution in [1.29, 1.82) is 0 Å². The molecule has 0 spiro atoms. The normalized spacial score (nSPS) is 17.3. The van der Waals surface area contributed by atoms with Crippen LogP contribution in [0.4, 0.5) is 0 Å². The summed E-state index contributed by atoms with van der Waals surface area (Å²) in [5.74, 6) is 4.68. The van der Waals surface area contributed by atoms with E-state index in [1.165, 1.54) is 96.3 Å². The summed E-state index contributed by atoms with van der Waals surface area (Å²) in [4.78, 5) is 0. The Bertz CT molecular complexity index is 1300. The summed E-state index contributed by atoms with van der Waals surface area (Å²) in [5.41, 5.74) is 19.1. The maximum absolute atomic E-state index is 9.93. The van der Waals surface area contributed by atoms with Crippen molar-refractivity contribution in [2.24, 2.45) is 35.0 Å². The van der Waals surface area contributed by atoms with Crippen molar-refractivity contribution in [2.75, 3.05) is 39.5 Å². The Kier molecular flexibility index (Phi) is 29.7. The molecule has 3 aliphatic rings. The molecule has 9 heteroatoms. The fourth-order valence-electron chi connectivity index (χ4n) is 8.11.